The maximum absolute atomic E-state index is 12.4. The summed E-state index contributed by atoms with van der Waals surface area (Å²) in [5.74, 6) is 0.328. The molecule has 4 nitrogen and oxygen atoms in total. The molecule has 0 aliphatic carbocycles. The standard InChI is InChI=1S/C18H20F2N2O2/c1-23-17-8-12(6-7-16(17)24-18(19)20)10-22-11-14(21)9-13-4-2-3-5-15(13)22/h2-8,14,18H,9-11,21H2,1H3. The quantitative estimate of drug-likeness (QED) is 0.912. The predicted octanol–water partition coefficient (Wildman–Crippen LogP) is 3.19. The van der Waals surface area contributed by atoms with Crippen molar-refractivity contribution in [1.82, 2.24) is 0 Å². The number of hydrogen-bond acceptors (Lipinski definition) is 4. The van der Waals surface area contributed by atoms with Crippen molar-refractivity contribution in [2.24, 2.45) is 5.73 Å². The molecule has 0 amide bonds. The minimum Gasteiger partial charge on any atom is -0.493 e. The van der Waals surface area contributed by atoms with Crippen LogP contribution in [0.15, 0.2) is 42.5 Å². The summed E-state index contributed by atoms with van der Waals surface area (Å²) in [5, 5.41) is 0. The second-order valence-electron chi connectivity index (χ2n) is 5.84. The third kappa shape index (κ3) is 3.59. The van der Waals surface area contributed by atoms with Crippen molar-refractivity contribution in [3.63, 3.8) is 0 Å². The summed E-state index contributed by atoms with van der Waals surface area (Å²) in [6.45, 7) is -1.51. The van der Waals surface area contributed by atoms with Crippen LogP contribution in [0, 0.1) is 0 Å². The molecule has 1 aliphatic rings. The normalized spacial score (nSPS) is 16.9. The molecular formula is C18H20F2N2O2. The fourth-order valence-corrected chi connectivity index (χ4v) is 3.09. The SMILES string of the molecule is COc1cc(CN2CC(N)Cc3ccccc32)ccc1OC(F)F. The Morgan fingerprint density at radius 3 is 2.75 bits per heavy atom. The van der Waals surface area contributed by atoms with Crippen LogP contribution in [-0.2, 0) is 13.0 Å². The Morgan fingerprint density at radius 2 is 2.00 bits per heavy atom. The highest BCUT2D eigenvalue weighted by molar-refractivity contribution is 5.57. The number of anilines is 1. The Morgan fingerprint density at radius 1 is 1.21 bits per heavy atom. The number of nitrogens with two attached hydrogens (primary N) is 1. The number of benzene rings is 2. The molecule has 0 saturated carbocycles. The van der Waals surface area contributed by atoms with Gasteiger partial charge in [0.2, 0.25) is 0 Å². The lowest BCUT2D eigenvalue weighted by molar-refractivity contribution is -0.0512. The summed E-state index contributed by atoms with van der Waals surface area (Å²) in [4.78, 5) is 2.20. The number of fused-ring (bicyclic) bond motifs is 1. The van der Waals surface area contributed by atoms with Crippen molar-refractivity contribution in [3.8, 4) is 11.5 Å². The molecule has 6 heteroatoms. The van der Waals surface area contributed by atoms with E-state index in [0.717, 1.165) is 24.2 Å². The van der Waals surface area contributed by atoms with Gasteiger partial charge in [-0.1, -0.05) is 24.3 Å². The van der Waals surface area contributed by atoms with E-state index < -0.39 is 6.61 Å². The summed E-state index contributed by atoms with van der Waals surface area (Å²) < 4.78 is 34.5. The van der Waals surface area contributed by atoms with Crippen molar-refractivity contribution in [1.29, 1.82) is 0 Å². The van der Waals surface area contributed by atoms with Gasteiger partial charge in [0.1, 0.15) is 0 Å². The van der Waals surface area contributed by atoms with E-state index in [0.29, 0.717) is 12.3 Å². The van der Waals surface area contributed by atoms with E-state index in [1.807, 2.05) is 12.1 Å². The van der Waals surface area contributed by atoms with E-state index in [1.54, 1.807) is 12.1 Å². The number of methoxy groups -OCH3 is 1. The first-order valence-corrected chi connectivity index (χ1v) is 7.77. The van der Waals surface area contributed by atoms with E-state index >= 15 is 0 Å². The highest BCUT2D eigenvalue weighted by Gasteiger charge is 2.22. The number of para-hydroxylation sites is 1. The number of alkyl halides is 2. The van der Waals surface area contributed by atoms with Crippen molar-refractivity contribution in [3.05, 3.63) is 53.6 Å². The van der Waals surface area contributed by atoms with Crippen LogP contribution in [-0.4, -0.2) is 26.3 Å². The molecule has 2 aromatic rings. The maximum Gasteiger partial charge on any atom is 0.387 e. The average molecular weight is 334 g/mol. The zero-order valence-corrected chi connectivity index (χ0v) is 13.4. The van der Waals surface area contributed by atoms with Gasteiger partial charge in [-0.25, -0.2) is 0 Å². The molecule has 0 aromatic heterocycles. The first-order valence-electron chi connectivity index (χ1n) is 7.77. The lowest BCUT2D eigenvalue weighted by Gasteiger charge is -2.34. The average Bonchev–Trinajstić information content (AvgIpc) is 2.55. The zero-order valence-electron chi connectivity index (χ0n) is 13.4. The van der Waals surface area contributed by atoms with Gasteiger partial charge in [-0.15, -0.1) is 0 Å². The third-order valence-corrected chi connectivity index (χ3v) is 4.09. The largest absolute Gasteiger partial charge is 0.493 e. The molecular weight excluding hydrogens is 314 g/mol. The zero-order chi connectivity index (χ0) is 17.1. The van der Waals surface area contributed by atoms with Crippen molar-refractivity contribution in [2.45, 2.75) is 25.6 Å². The van der Waals surface area contributed by atoms with Crippen LogP contribution >= 0.6 is 0 Å². The summed E-state index contributed by atoms with van der Waals surface area (Å²) in [5.41, 5.74) is 9.48. The van der Waals surface area contributed by atoms with Crippen LogP contribution in [0.3, 0.4) is 0 Å². The van der Waals surface area contributed by atoms with Gasteiger partial charge < -0.3 is 20.1 Å². The fourth-order valence-electron chi connectivity index (χ4n) is 3.09. The smallest absolute Gasteiger partial charge is 0.387 e. The van der Waals surface area contributed by atoms with Crippen LogP contribution in [0.1, 0.15) is 11.1 Å². The molecule has 1 atom stereocenters. The topological polar surface area (TPSA) is 47.7 Å². The minimum absolute atomic E-state index is 0.0343. The number of hydrogen-bond donors (Lipinski definition) is 1. The highest BCUT2D eigenvalue weighted by Crippen LogP contribution is 2.32. The fraction of sp³-hybridized carbons (Fsp3) is 0.333. The predicted molar refractivity (Wildman–Crippen MR) is 88.8 cm³/mol. The molecule has 2 N–H and O–H groups in total. The molecule has 1 unspecified atom stereocenters. The first kappa shape index (κ1) is 16.5. The van der Waals surface area contributed by atoms with Crippen LogP contribution in [0.2, 0.25) is 0 Å². The van der Waals surface area contributed by atoms with Crippen LogP contribution < -0.4 is 20.1 Å². The molecule has 0 spiro atoms. The van der Waals surface area contributed by atoms with E-state index in [1.165, 1.54) is 18.7 Å². The summed E-state index contributed by atoms with van der Waals surface area (Å²) in [6, 6.07) is 13.2. The third-order valence-electron chi connectivity index (χ3n) is 4.09. The van der Waals surface area contributed by atoms with Gasteiger partial charge in [-0.2, -0.15) is 8.78 Å². The second-order valence-corrected chi connectivity index (χ2v) is 5.84. The van der Waals surface area contributed by atoms with Gasteiger partial charge in [-0.3, -0.25) is 0 Å². The Balaban J connectivity index is 1.83. The van der Waals surface area contributed by atoms with Crippen molar-refractivity contribution < 1.29 is 18.3 Å². The van der Waals surface area contributed by atoms with Gasteiger partial charge in [0.15, 0.2) is 11.5 Å². The molecule has 3 rings (SSSR count). The molecule has 0 fully saturated rings. The monoisotopic (exact) mass is 334 g/mol. The molecule has 1 heterocycles. The molecule has 0 radical (unpaired) electrons. The van der Waals surface area contributed by atoms with Crippen molar-refractivity contribution >= 4 is 5.69 Å². The lowest BCUT2D eigenvalue weighted by Crippen LogP contribution is -2.42. The molecule has 1 aliphatic heterocycles. The first-order chi connectivity index (χ1) is 11.6. The summed E-state index contributed by atoms with van der Waals surface area (Å²) >= 11 is 0. The summed E-state index contributed by atoms with van der Waals surface area (Å²) in [7, 11) is 1.43. The molecule has 24 heavy (non-hydrogen) atoms. The van der Waals surface area contributed by atoms with Gasteiger partial charge in [0, 0.05) is 24.8 Å². The Kier molecular flexibility index (Phi) is 4.85. The number of rotatable bonds is 5. The Labute approximate surface area is 139 Å². The Bertz CT molecular complexity index is 709. The lowest BCUT2D eigenvalue weighted by atomic mass is 9.98. The van der Waals surface area contributed by atoms with E-state index in [4.69, 9.17) is 10.5 Å². The molecule has 128 valence electrons. The van der Waals surface area contributed by atoms with Crippen molar-refractivity contribution in [2.75, 3.05) is 18.6 Å². The van der Waals surface area contributed by atoms with Crippen LogP contribution in [0.4, 0.5) is 14.5 Å². The molecule has 2 aromatic carbocycles. The number of nitrogens with zero attached hydrogens (tertiary/aromatic N) is 1. The van der Waals surface area contributed by atoms with Crippen LogP contribution in [0.25, 0.3) is 0 Å². The van der Waals surface area contributed by atoms with Crippen LogP contribution in [0.5, 0.6) is 11.5 Å². The van der Waals surface area contributed by atoms with E-state index in [2.05, 4.69) is 21.8 Å². The molecule has 0 saturated heterocycles. The number of halogens is 2. The Hall–Kier alpha value is -2.34. The maximum atomic E-state index is 12.4. The number of ether oxygens (including phenoxy) is 2. The van der Waals surface area contributed by atoms with Gasteiger partial charge in [0.25, 0.3) is 0 Å². The highest BCUT2D eigenvalue weighted by atomic mass is 19.3. The molecule has 0 bridgehead atoms. The summed E-state index contributed by atoms with van der Waals surface area (Å²) in [6.07, 6.45) is 0.858. The minimum atomic E-state index is -2.88. The second kappa shape index (κ2) is 7.05. The van der Waals surface area contributed by atoms with Gasteiger partial charge >= 0.3 is 6.61 Å². The van der Waals surface area contributed by atoms with E-state index in [-0.39, 0.29) is 11.8 Å². The van der Waals surface area contributed by atoms with E-state index in [9.17, 15) is 8.78 Å². The van der Waals surface area contributed by atoms with Gasteiger partial charge in [0.05, 0.1) is 7.11 Å². The van der Waals surface area contributed by atoms with Gasteiger partial charge in [-0.05, 0) is 35.7 Å².